The van der Waals surface area contributed by atoms with Crippen LogP contribution in [0.1, 0.15) is 48.2 Å². The lowest BCUT2D eigenvalue weighted by molar-refractivity contribution is -0.424. The summed E-state index contributed by atoms with van der Waals surface area (Å²) in [5, 5.41) is 14.0. The fourth-order valence-corrected chi connectivity index (χ4v) is 6.13. The molecule has 0 aromatic carbocycles. The van der Waals surface area contributed by atoms with Crippen molar-refractivity contribution in [3.8, 4) is 0 Å². The first-order valence-corrected chi connectivity index (χ1v) is 12.2. The number of amides is 2. The maximum absolute atomic E-state index is 13.3. The molecule has 3 heterocycles. The van der Waals surface area contributed by atoms with Crippen molar-refractivity contribution >= 4 is 23.2 Å². The summed E-state index contributed by atoms with van der Waals surface area (Å²) in [6.45, 7) is 2.75. The molecule has 2 amide bonds. The second kappa shape index (κ2) is 8.26. The van der Waals surface area contributed by atoms with Crippen molar-refractivity contribution in [2.45, 2.75) is 44.6 Å². The zero-order valence-electron chi connectivity index (χ0n) is 17.6. The van der Waals surface area contributed by atoms with Crippen LogP contribution in [0.4, 0.5) is 0 Å². The highest BCUT2D eigenvalue weighted by Crippen LogP contribution is 2.43. The Balaban J connectivity index is 1.40. The second-order valence-corrected chi connectivity index (χ2v) is 10.1. The van der Waals surface area contributed by atoms with Gasteiger partial charge in [0.05, 0.1) is 9.80 Å². The minimum atomic E-state index is -0.453. The Labute approximate surface area is 185 Å². The molecule has 166 valence electrons. The van der Waals surface area contributed by atoms with E-state index in [0.717, 1.165) is 43.4 Å². The Hall–Kier alpha value is -2.42. The molecule has 0 bridgehead atoms. The molecule has 1 aromatic heterocycles. The van der Waals surface area contributed by atoms with E-state index in [1.54, 1.807) is 0 Å². The molecule has 2 unspecified atom stereocenters. The van der Waals surface area contributed by atoms with E-state index >= 15 is 0 Å². The molecule has 9 heteroatoms. The lowest BCUT2D eigenvalue weighted by Crippen LogP contribution is -2.57. The number of piperazine rings is 1. The minimum absolute atomic E-state index is 0.0176. The van der Waals surface area contributed by atoms with Crippen LogP contribution in [0.15, 0.2) is 28.9 Å². The van der Waals surface area contributed by atoms with Gasteiger partial charge >= 0.3 is 11.6 Å². The molecule has 8 nitrogen and oxygen atoms in total. The number of carbonyl (C=O) groups is 2. The second-order valence-electron chi connectivity index (χ2n) is 9.11. The zero-order valence-corrected chi connectivity index (χ0v) is 18.4. The molecule has 2 saturated carbocycles. The number of hydrogen-bond donors (Lipinski definition) is 0. The lowest BCUT2D eigenvalue weighted by atomic mass is 9.77. The Morgan fingerprint density at radius 1 is 1.13 bits per heavy atom. The molecule has 3 fully saturated rings. The predicted octanol–water partition coefficient (Wildman–Crippen LogP) is 2.81. The highest BCUT2D eigenvalue weighted by Gasteiger charge is 2.50. The largest absolute Gasteiger partial charge is 0.365 e. The van der Waals surface area contributed by atoms with Gasteiger partial charge in [-0.25, -0.2) is 0 Å². The minimum Gasteiger partial charge on any atom is -0.365 e. The fourth-order valence-electron chi connectivity index (χ4n) is 5.43. The molecule has 0 N–H and O–H groups in total. The van der Waals surface area contributed by atoms with Crippen LogP contribution in [0.2, 0.25) is 0 Å². The normalized spacial score (nSPS) is 26.8. The molecule has 1 aromatic rings. The van der Waals surface area contributed by atoms with E-state index < -0.39 is 10.8 Å². The van der Waals surface area contributed by atoms with Gasteiger partial charge in [-0.3, -0.25) is 19.7 Å². The van der Waals surface area contributed by atoms with Crippen LogP contribution in [0.5, 0.6) is 0 Å². The van der Waals surface area contributed by atoms with E-state index in [4.69, 9.17) is 0 Å². The first kappa shape index (κ1) is 20.5. The summed E-state index contributed by atoms with van der Waals surface area (Å²) < 4.78 is 0. The Bertz CT molecular complexity index is 903. The van der Waals surface area contributed by atoms with Crippen LogP contribution in [-0.4, -0.2) is 70.2 Å². The van der Waals surface area contributed by atoms with Crippen LogP contribution < -0.4 is 0 Å². The SMILES string of the molecule is O=C(c1cccs1)N1CCN(C2=C([N+](=O)[O-])C(=O)N(CC3CC3)C3CCCCC23)CC1. The van der Waals surface area contributed by atoms with Crippen molar-refractivity contribution in [2.24, 2.45) is 11.8 Å². The first-order valence-electron chi connectivity index (χ1n) is 11.3. The molecule has 2 aliphatic heterocycles. The predicted molar refractivity (Wildman–Crippen MR) is 116 cm³/mol. The maximum atomic E-state index is 13.3. The smallest absolute Gasteiger partial charge is 0.352 e. The fraction of sp³-hybridized carbons (Fsp3) is 0.636. The van der Waals surface area contributed by atoms with Gasteiger partial charge in [0.15, 0.2) is 0 Å². The summed E-state index contributed by atoms with van der Waals surface area (Å²) in [4.78, 5) is 44.0. The molecule has 0 spiro atoms. The number of fused-ring (bicyclic) bond motifs is 1. The third-order valence-electron chi connectivity index (χ3n) is 7.16. The standard InChI is InChI=1S/C22H28N4O4S/c27-21(18-6-3-13-31-18)24-11-9-23(10-12-24)19-16-4-1-2-5-17(16)25(14-15-7-8-15)22(28)20(19)26(29)30/h3,6,13,15-17H,1-2,4-5,7-12,14H2. The van der Waals surface area contributed by atoms with Crippen molar-refractivity contribution < 1.29 is 14.5 Å². The van der Waals surface area contributed by atoms with Gasteiger partial charge in [-0.15, -0.1) is 11.3 Å². The van der Waals surface area contributed by atoms with Gasteiger partial charge in [0.1, 0.15) is 5.70 Å². The Kier molecular flexibility index (Phi) is 5.45. The van der Waals surface area contributed by atoms with Gasteiger partial charge in [0.25, 0.3) is 5.91 Å². The molecule has 1 saturated heterocycles. The van der Waals surface area contributed by atoms with E-state index in [1.165, 1.54) is 11.3 Å². The summed E-state index contributed by atoms with van der Waals surface area (Å²) in [6, 6.07) is 3.77. The summed E-state index contributed by atoms with van der Waals surface area (Å²) in [5.41, 5.74) is 0.414. The maximum Gasteiger partial charge on any atom is 0.352 e. The molecule has 2 aliphatic carbocycles. The van der Waals surface area contributed by atoms with Crippen LogP contribution in [0, 0.1) is 22.0 Å². The quantitative estimate of drug-likeness (QED) is 0.515. The number of nitro groups is 1. The first-order chi connectivity index (χ1) is 15.0. The van der Waals surface area contributed by atoms with Crippen LogP contribution >= 0.6 is 11.3 Å². The number of hydrogen-bond acceptors (Lipinski definition) is 6. The summed E-state index contributed by atoms with van der Waals surface area (Å²) in [7, 11) is 0. The zero-order chi connectivity index (χ0) is 21.5. The Morgan fingerprint density at radius 2 is 1.87 bits per heavy atom. The van der Waals surface area contributed by atoms with E-state index in [1.807, 2.05) is 32.2 Å². The third-order valence-corrected chi connectivity index (χ3v) is 8.02. The van der Waals surface area contributed by atoms with Gasteiger partial charge in [-0.1, -0.05) is 18.9 Å². The monoisotopic (exact) mass is 444 g/mol. The van der Waals surface area contributed by atoms with Gasteiger partial charge in [0, 0.05) is 44.7 Å². The highest BCUT2D eigenvalue weighted by molar-refractivity contribution is 7.12. The Morgan fingerprint density at radius 3 is 2.52 bits per heavy atom. The molecule has 4 aliphatic rings. The van der Waals surface area contributed by atoms with Crippen molar-refractivity contribution in [1.29, 1.82) is 0 Å². The van der Waals surface area contributed by atoms with E-state index in [-0.39, 0.29) is 23.6 Å². The van der Waals surface area contributed by atoms with Crippen molar-refractivity contribution in [3.63, 3.8) is 0 Å². The summed E-state index contributed by atoms with van der Waals surface area (Å²) in [6.07, 6.45) is 6.16. The number of thiophene rings is 1. The third kappa shape index (κ3) is 3.84. The average Bonchev–Trinajstić information content (AvgIpc) is 3.43. The van der Waals surface area contributed by atoms with Crippen molar-refractivity contribution in [1.82, 2.24) is 14.7 Å². The van der Waals surface area contributed by atoms with E-state index in [9.17, 15) is 19.7 Å². The number of carbonyl (C=O) groups excluding carboxylic acids is 2. The molecule has 0 radical (unpaired) electrons. The summed E-state index contributed by atoms with van der Waals surface area (Å²) >= 11 is 1.43. The number of nitrogens with zero attached hydrogens (tertiary/aromatic N) is 4. The summed E-state index contributed by atoms with van der Waals surface area (Å²) in [5.74, 6) is 0.161. The van der Waals surface area contributed by atoms with Crippen molar-refractivity contribution in [3.05, 3.63) is 43.9 Å². The van der Waals surface area contributed by atoms with Crippen LogP contribution in [-0.2, 0) is 4.79 Å². The van der Waals surface area contributed by atoms with Crippen LogP contribution in [0.3, 0.4) is 0 Å². The molecule has 31 heavy (non-hydrogen) atoms. The van der Waals surface area contributed by atoms with Crippen LogP contribution in [0.25, 0.3) is 0 Å². The molecular weight excluding hydrogens is 416 g/mol. The molecular formula is C22H28N4O4S. The highest BCUT2D eigenvalue weighted by atomic mass is 32.1. The topological polar surface area (TPSA) is 87.0 Å². The van der Waals surface area contributed by atoms with Crippen molar-refractivity contribution in [2.75, 3.05) is 32.7 Å². The lowest BCUT2D eigenvalue weighted by Gasteiger charge is -2.47. The van der Waals surface area contributed by atoms with E-state index in [0.29, 0.717) is 44.3 Å². The van der Waals surface area contributed by atoms with Gasteiger partial charge in [0.2, 0.25) is 0 Å². The molecule has 5 rings (SSSR count). The van der Waals surface area contributed by atoms with Gasteiger partial charge in [-0.2, -0.15) is 0 Å². The van der Waals surface area contributed by atoms with E-state index in [2.05, 4.69) is 0 Å². The average molecular weight is 445 g/mol. The van der Waals surface area contributed by atoms with Gasteiger partial charge < -0.3 is 14.7 Å². The molecule has 2 atom stereocenters. The number of rotatable bonds is 5. The van der Waals surface area contributed by atoms with Gasteiger partial charge in [-0.05, 0) is 43.0 Å².